The van der Waals surface area contributed by atoms with Crippen molar-refractivity contribution in [3.63, 3.8) is 0 Å². The molecule has 7 rings (SSSR count). The minimum absolute atomic E-state index is 0.0297. The zero-order chi connectivity index (χ0) is 38.0. The van der Waals surface area contributed by atoms with Crippen molar-refractivity contribution >= 4 is 31.4 Å². The largest absolute Gasteiger partial charge is 0.486 e. The van der Waals surface area contributed by atoms with Crippen molar-refractivity contribution < 1.29 is 37.2 Å². The van der Waals surface area contributed by atoms with E-state index in [2.05, 4.69) is 5.16 Å². The van der Waals surface area contributed by atoms with Crippen molar-refractivity contribution in [2.45, 2.75) is 76.6 Å². The lowest BCUT2D eigenvalue weighted by Gasteiger charge is -2.56. The molecule has 0 radical (unpaired) electrons. The maximum Gasteiger partial charge on any atom is 0.265 e. The molecule has 0 bridgehead atoms. The summed E-state index contributed by atoms with van der Waals surface area (Å²) >= 11 is 0. The molecule has 4 aromatic rings. The highest BCUT2D eigenvalue weighted by atomic mass is 28.4. The highest BCUT2D eigenvalue weighted by Crippen LogP contribution is 2.59. The maximum atomic E-state index is 15.8. The summed E-state index contributed by atoms with van der Waals surface area (Å²) in [6.45, 7) is 10.2. The van der Waals surface area contributed by atoms with E-state index < -0.39 is 65.9 Å². The molecule has 0 saturated heterocycles. The quantitative estimate of drug-likeness (QED) is 0.105. The molecule has 1 fully saturated rings. The van der Waals surface area contributed by atoms with Crippen molar-refractivity contribution in [1.82, 2.24) is 10.1 Å². The van der Waals surface area contributed by atoms with Crippen LogP contribution in [0.5, 0.6) is 11.6 Å². The first kappa shape index (κ1) is 36.7. The summed E-state index contributed by atoms with van der Waals surface area (Å²) < 4.78 is 41.2. The molecule has 12 heteroatoms. The molecular formula is C41H46FN3O7Si. The molecule has 278 valence electrons. The number of fused-ring (bicyclic) bond motifs is 4. The Labute approximate surface area is 309 Å². The Balaban J connectivity index is 1.37. The fourth-order valence-electron chi connectivity index (χ4n) is 8.09. The zero-order valence-electron chi connectivity index (χ0n) is 31.2. The highest BCUT2D eigenvalue weighted by molar-refractivity contribution is 6.74. The second-order valence-electron chi connectivity index (χ2n) is 16.3. The number of carbonyl (C=O) groups excluding carboxylic acids is 3. The van der Waals surface area contributed by atoms with Gasteiger partial charge in [0.05, 0.1) is 23.2 Å². The molecule has 0 aliphatic heterocycles. The van der Waals surface area contributed by atoms with Crippen LogP contribution in [0, 0.1) is 23.6 Å². The van der Waals surface area contributed by atoms with Gasteiger partial charge in [0, 0.05) is 17.5 Å². The number of aromatic nitrogens is 1. The van der Waals surface area contributed by atoms with Gasteiger partial charge in [0.15, 0.2) is 37.0 Å². The van der Waals surface area contributed by atoms with Gasteiger partial charge < -0.3 is 24.2 Å². The van der Waals surface area contributed by atoms with Crippen molar-refractivity contribution in [1.29, 1.82) is 0 Å². The summed E-state index contributed by atoms with van der Waals surface area (Å²) in [5.41, 5.74) is 6.00. The van der Waals surface area contributed by atoms with E-state index in [1.165, 1.54) is 6.07 Å². The van der Waals surface area contributed by atoms with Crippen LogP contribution >= 0.6 is 0 Å². The number of ketones is 3. The molecule has 0 spiro atoms. The van der Waals surface area contributed by atoms with Crippen LogP contribution in [0.1, 0.15) is 76.4 Å². The number of nitrogens with zero attached hydrogens (tertiary/aromatic N) is 2. The van der Waals surface area contributed by atoms with Gasteiger partial charge in [-0.15, -0.1) is 0 Å². The first-order chi connectivity index (χ1) is 25.1. The van der Waals surface area contributed by atoms with Crippen molar-refractivity contribution in [2.75, 3.05) is 19.8 Å². The summed E-state index contributed by atoms with van der Waals surface area (Å²) in [6, 6.07) is 19.3. The first-order valence-electron chi connectivity index (χ1n) is 18.0. The summed E-state index contributed by atoms with van der Waals surface area (Å²) in [4.78, 5) is 47.7. The average Bonchev–Trinajstić information content (AvgIpc) is 3.52. The minimum Gasteiger partial charge on any atom is -0.486 e. The fraction of sp³-hybridized carbons (Fsp3) is 0.415. The molecule has 2 N–H and O–H groups in total. The summed E-state index contributed by atoms with van der Waals surface area (Å²) in [6.07, 6.45) is 0.274. The summed E-state index contributed by atoms with van der Waals surface area (Å²) in [7, 11) is 0.732. The molecule has 5 atom stereocenters. The van der Waals surface area contributed by atoms with Gasteiger partial charge in [-0.25, -0.2) is 4.39 Å². The topological polar surface area (TPSA) is 134 Å². The van der Waals surface area contributed by atoms with E-state index in [9.17, 15) is 4.79 Å². The molecule has 10 nitrogen and oxygen atoms in total. The van der Waals surface area contributed by atoms with E-state index in [0.29, 0.717) is 0 Å². The summed E-state index contributed by atoms with van der Waals surface area (Å²) in [5.74, 6) is -5.01. The van der Waals surface area contributed by atoms with Crippen LogP contribution < -0.4 is 15.2 Å². The van der Waals surface area contributed by atoms with Gasteiger partial charge in [0.1, 0.15) is 24.6 Å². The maximum absolute atomic E-state index is 15.8. The molecule has 53 heavy (non-hydrogen) atoms. The van der Waals surface area contributed by atoms with Gasteiger partial charge in [0.2, 0.25) is 5.78 Å². The highest BCUT2D eigenvalue weighted by Gasteiger charge is 2.70. The lowest BCUT2D eigenvalue weighted by molar-refractivity contribution is -0.151. The number of rotatable bonds is 9. The van der Waals surface area contributed by atoms with Crippen LogP contribution in [-0.4, -0.2) is 55.4 Å². The minimum atomic E-state index is -2.94. The van der Waals surface area contributed by atoms with E-state index in [0.717, 1.165) is 11.1 Å². The molecule has 3 aromatic carbocycles. The van der Waals surface area contributed by atoms with Crippen molar-refractivity contribution in [3.8, 4) is 11.6 Å². The summed E-state index contributed by atoms with van der Waals surface area (Å²) in [5, 5.41) is 3.81. The third-order valence-corrected chi connectivity index (χ3v) is 16.1. The number of anilines is 1. The van der Waals surface area contributed by atoms with Crippen LogP contribution in [0.4, 0.5) is 10.1 Å². The number of halogens is 1. The number of ether oxygens (including phenoxy) is 2. The molecule has 1 aromatic heterocycles. The standard InChI is InChI=1S/C41H46FN3O7Si/c1-40(2,3)53(6,7)52-41-27(33(45(4)5)36-32(38(41)48)39(44-51-36)50-22-24-16-12-9-13-17-24)19-25-18-26-28(42)20-29(43)35(31(26)34(46)30(25)37(41)47)49-21-23-14-10-8-11-15-23/h8-17,20,25,27,30,33H,18-19,21-22,43H2,1-7H3/t25-,27-,30?,33-,41-/m0/s1. The van der Waals surface area contributed by atoms with Gasteiger partial charge in [-0.1, -0.05) is 81.4 Å². The smallest absolute Gasteiger partial charge is 0.265 e. The Morgan fingerprint density at radius 1 is 0.962 bits per heavy atom. The lowest BCUT2D eigenvalue weighted by atomic mass is 9.54. The van der Waals surface area contributed by atoms with E-state index in [1.54, 1.807) is 0 Å². The van der Waals surface area contributed by atoms with Crippen LogP contribution in [0.2, 0.25) is 18.1 Å². The number of benzene rings is 3. The number of nitrogens with two attached hydrogens (primary N) is 1. The SMILES string of the molecule is CN(C)[C@@H]1c2onc(OCc3ccccc3)c2C(=O)[C@@]2(O[Si](C)(C)C(C)(C)C)C(=O)C3C(=O)c4c(c(F)cc(N)c4OCc4ccccc4)C[C@H]3C[C@@H]12. The number of hydrogen-bond acceptors (Lipinski definition) is 10. The number of carbonyl (C=O) groups is 3. The molecule has 1 heterocycles. The molecule has 0 amide bonds. The van der Waals surface area contributed by atoms with E-state index in [4.69, 9.17) is 24.2 Å². The molecule has 3 aliphatic carbocycles. The third-order valence-electron chi connectivity index (χ3n) is 11.7. The Morgan fingerprint density at radius 3 is 2.15 bits per heavy atom. The molecule has 1 saturated carbocycles. The molecule has 1 unspecified atom stereocenters. The van der Waals surface area contributed by atoms with Gasteiger partial charge in [-0.2, -0.15) is 0 Å². The van der Waals surface area contributed by atoms with E-state index in [1.807, 2.05) is 114 Å². The number of Topliss-reactive ketones (excluding diaryl/α,β-unsaturated/α-hetero) is 3. The molecule has 3 aliphatic rings. The second-order valence-corrected chi connectivity index (χ2v) is 21.0. The van der Waals surface area contributed by atoms with E-state index >= 15 is 14.0 Å². The Kier molecular flexibility index (Phi) is 9.23. The zero-order valence-corrected chi connectivity index (χ0v) is 32.2. The Hall–Kier alpha value is -4.65. The predicted octanol–water partition coefficient (Wildman–Crippen LogP) is 7.37. The van der Waals surface area contributed by atoms with Crippen molar-refractivity contribution in [2.24, 2.45) is 17.8 Å². The number of nitrogen functional groups attached to an aromatic ring is 1. The Morgan fingerprint density at radius 2 is 1.57 bits per heavy atom. The van der Waals surface area contributed by atoms with Gasteiger partial charge in [0.25, 0.3) is 5.88 Å². The van der Waals surface area contributed by atoms with Crippen LogP contribution in [0.15, 0.2) is 71.3 Å². The molecular weight excluding hydrogens is 694 g/mol. The first-order valence-corrected chi connectivity index (χ1v) is 20.9. The van der Waals surface area contributed by atoms with Crippen LogP contribution in [-0.2, 0) is 28.9 Å². The van der Waals surface area contributed by atoms with Gasteiger partial charge in [-0.3, -0.25) is 19.3 Å². The van der Waals surface area contributed by atoms with Crippen LogP contribution in [0.3, 0.4) is 0 Å². The number of hydrogen-bond donors (Lipinski definition) is 1. The third kappa shape index (κ3) is 6.00. The lowest BCUT2D eigenvalue weighted by Crippen LogP contribution is -2.70. The average molecular weight is 740 g/mol. The fourth-order valence-corrected chi connectivity index (χ4v) is 9.54. The van der Waals surface area contributed by atoms with Gasteiger partial charge in [-0.05, 0) is 67.3 Å². The second kappa shape index (κ2) is 13.3. The van der Waals surface area contributed by atoms with Gasteiger partial charge >= 0.3 is 0 Å². The normalized spacial score (nSPS) is 24.0. The van der Waals surface area contributed by atoms with Crippen LogP contribution in [0.25, 0.3) is 0 Å². The van der Waals surface area contributed by atoms with Crippen molar-refractivity contribution in [3.05, 3.63) is 106 Å². The monoisotopic (exact) mass is 739 g/mol. The Bertz CT molecular complexity index is 2080. The predicted molar refractivity (Wildman–Crippen MR) is 199 cm³/mol. The van der Waals surface area contributed by atoms with E-state index in [-0.39, 0.29) is 65.8 Å².